The van der Waals surface area contributed by atoms with Crippen LogP contribution in [0.1, 0.15) is 22.3 Å². The Hall–Kier alpha value is -3.92. The summed E-state index contributed by atoms with van der Waals surface area (Å²) in [6, 6.07) is 24.1. The molecule has 6 rings (SSSR count). The third-order valence-corrected chi connectivity index (χ3v) is 5.42. The highest BCUT2D eigenvalue weighted by Gasteiger charge is 2.31. The number of ether oxygens (including phenoxy) is 2. The van der Waals surface area contributed by atoms with Gasteiger partial charge in [0.25, 0.3) is 0 Å². The van der Waals surface area contributed by atoms with Gasteiger partial charge < -0.3 is 9.47 Å². The van der Waals surface area contributed by atoms with Gasteiger partial charge >= 0.3 is 0 Å². The smallest absolute Gasteiger partial charge is 0.135 e. The molecule has 0 saturated carbocycles. The van der Waals surface area contributed by atoms with E-state index in [-0.39, 0.29) is 11.6 Å². The van der Waals surface area contributed by atoms with Crippen LogP contribution >= 0.6 is 0 Å². The fourth-order valence-corrected chi connectivity index (χ4v) is 4.16. The van der Waals surface area contributed by atoms with Crippen LogP contribution in [0.2, 0.25) is 0 Å². The molecule has 0 N–H and O–H groups in total. The van der Waals surface area contributed by atoms with Gasteiger partial charge in [-0.15, -0.1) is 0 Å². The van der Waals surface area contributed by atoms with Gasteiger partial charge in [0.2, 0.25) is 0 Å². The van der Waals surface area contributed by atoms with Crippen LogP contribution in [0, 0.1) is 11.6 Å². The molecule has 0 unspecified atom stereocenters. The SMILES string of the molecule is Fc1ccc2c(c1)/C(=C1/c3ccccc3Oc3ccc(F)cc31)c1ccccc1O2. The van der Waals surface area contributed by atoms with Gasteiger partial charge in [-0.1, -0.05) is 36.4 Å². The summed E-state index contributed by atoms with van der Waals surface area (Å²) in [5.41, 5.74) is 4.45. The number of halogens is 2. The fraction of sp³-hybridized carbons (Fsp3) is 0. The third kappa shape index (κ3) is 2.47. The molecule has 4 heteroatoms. The van der Waals surface area contributed by atoms with Gasteiger partial charge in [-0.25, -0.2) is 8.78 Å². The van der Waals surface area contributed by atoms with Crippen LogP contribution in [0.5, 0.6) is 23.0 Å². The van der Waals surface area contributed by atoms with E-state index in [2.05, 4.69) is 0 Å². The summed E-state index contributed by atoms with van der Waals surface area (Å²) in [5, 5.41) is 0. The zero-order valence-corrected chi connectivity index (χ0v) is 15.7. The molecule has 0 fully saturated rings. The van der Waals surface area contributed by atoms with E-state index < -0.39 is 0 Å². The second-order valence-electron chi connectivity index (χ2n) is 7.23. The van der Waals surface area contributed by atoms with Crippen LogP contribution in [0.25, 0.3) is 11.1 Å². The molecule has 0 spiro atoms. The van der Waals surface area contributed by atoms with Gasteiger partial charge in [0.1, 0.15) is 34.6 Å². The zero-order valence-electron chi connectivity index (χ0n) is 15.7. The Balaban J connectivity index is 1.80. The molecule has 2 aliphatic heterocycles. The van der Waals surface area contributed by atoms with Crippen molar-refractivity contribution in [3.8, 4) is 23.0 Å². The van der Waals surface area contributed by atoms with Crippen molar-refractivity contribution in [2.75, 3.05) is 0 Å². The topological polar surface area (TPSA) is 18.5 Å². The quantitative estimate of drug-likeness (QED) is 0.271. The van der Waals surface area contributed by atoms with Gasteiger partial charge in [0.15, 0.2) is 0 Å². The summed E-state index contributed by atoms with van der Waals surface area (Å²) in [6.07, 6.45) is 0. The van der Waals surface area contributed by atoms with E-state index >= 15 is 0 Å². The number of hydrogen-bond donors (Lipinski definition) is 0. The summed E-state index contributed by atoms with van der Waals surface area (Å²) in [6.45, 7) is 0. The van der Waals surface area contributed by atoms with E-state index in [0.29, 0.717) is 34.1 Å². The zero-order chi connectivity index (χ0) is 20.2. The van der Waals surface area contributed by atoms with E-state index in [0.717, 1.165) is 22.3 Å². The fourth-order valence-electron chi connectivity index (χ4n) is 4.16. The van der Waals surface area contributed by atoms with Crippen LogP contribution in [-0.4, -0.2) is 0 Å². The minimum absolute atomic E-state index is 0.366. The average Bonchev–Trinajstić information content (AvgIpc) is 2.76. The number of fused-ring (bicyclic) bond motifs is 4. The summed E-state index contributed by atoms with van der Waals surface area (Å²) in [7, 11) is 0. The summed E-state index contributed by atoms with van der Waals surface area (Å²) in [4.78, 5) is 0. The van der Waals surface area contributed by atoms with E-state index in [1.165, 1.54) is 24.3 Å². The van der Waals surface area contributed by atoms with Gasteiger partial charge in [-0.05, 0) is 48.5 Å². The normalized spacial score (nSPS) is 15.8. The largest absolute Gasteiger partial charge is 0.456 e. The Morgan fingerprint density at radius 3 is 1.30 bits per heavy atom. The minimum Gasteiger partial charge on any atom is -0.456 e. The first-order valence-electron chi connectivity index (χ1n) is 9.58. The lowest BCUT2D eigenvalue weighted by Crippen LogP contribution is -2.09. The highest BCUT2D eigenvalue weighted by Crippen LogP contribution is 2.53. The van der Waals surface area contributed by atoms with Crippen molar-refractivity contribution in [2.24, 2.45) is 0 Å². The molecule has 0 aromatic heterocycles. The Bertz CT molecular complexity index is 1270. The molecule has 2 heterocycles. The molecule has 0 amide bonds. The highest BCUT2D eigenvalue weighted by atomic mass is 19.1. The molecule has 0 atom stereocenters. The Morgan fingerprint density at radius 2 is 0.833 bits per heavy atom. The lowest BCUT2D eigenvalue weighted by atomic mass is 9.82. The van der Waals surface area contributed by atoms with Crippen molar-refractivity contribution in [3.63, 3.8) is 0 Å². The molecule has 4 aromatic carbocycles. The molecular formula is C26H14F2O2. The van der Waals surface area contributed by atoms with Crippen LogP contribution < -0.4 is 9.47 Å². The summed E-state index contributed by atoms with van der Waals surface area (Å²) < 4.78 is 40.7. The van der Waals surface area contributed by atoms with Crippen molar-refractivity contribution < 1.29 is 18.3 Å². The molecule has 2 nitrogen and oxygen atoms in total. The molecule has 4 aromatic rings. The molecule has 0 aliphatic carbocycles. The maximum atomic E-state index is 14.3. The van der Waals surface area contributed by atoms with Crippen molar-refractivity contribution in [2.45, 2.75) is 0 Å². The van der Waals surface area contributed by atoms with Crippen LogP contribution in [0.15, 0.2) is 84.9 Å². The highest BCUT2D eigenvalue weighted by molar-refractivity contribution is 6.09. The average molecular weight is 396 g/mol. The molecule has 2 aliphatic rings. The standard InChI is InChI=1S/C26H14F2O2/c27-15-9-11-23-19(13-15)25(17-5-1-3-7-21(17)29-23)26-18-6-2-4-8-22(18)30-24-12-10-16(28)14-20(24)26/h1-14H/b26-25-. The van der Waals surface area contributed by atoms with E-state index in [9.17, 15) is 8.78 Å². The van der Waals surface area contributed by atoms with E-state index in [4.69, 9.17) is 9.47 Å². The van der Waals surface area contributed by atoms with Crippen molar-refractivity contribution in [1.82, 2.24) is 0 Å². The number of para-hydroxylation sites is 2. The van der Waals surface area contributed by atoms with Gasteiger partial charge in [0, 0.05) is 33.4 Å². The van der Waals surface area contributed by atoms with Crippen LogP contribution in [0.4, 0.5) is 8.78 Å². The molecule has 144 valence electrons. The Labute approximate surface area is 171 Å². The van der Waals surface area contributed by atoms with Gasteiger partial charge in [-0.2, -0.15) is 0 Å². The molecule has 0 radical (unpaired) electrons. The second-order valence-corrected chi connectivity index (χ2v) is 7.23. The Morgan fingerprint density at radius 1 is 0.433 bits per heavy atom. The van der Waals surface area contributed by atoms with E-state index in [1.807, 2.05) is 48.5 Å². The maximum Gasteiger partial charge on any atom is 0.135 e. The first kappa shape index (κ1) is 17.0. The first-order chi connectivity index (χ1) is 14.7. The Kier molecular flexibility index (Phi) is 3.56. The second kappa shape index (κ2) is 6.29. The number of rotatable bonds is 0. The molecule has 0 saturated heterocycles. The molecule has 30 heavy (non-hydrogen) atoms. The number of hydrogen-bond acceptors (Lipinski definition) is 2. The maximum absolute atomic E-state index is 14.3. The summed E-state index contributed by atoms with van der Waals surface area (Å²) in [5.74, 6) is 1.71. The van der Waals surface area contributed by atoms with Crippen LogP contribution in [-0.2, 0) is 0 Å². The lowest BCUT2D eigenvalue weighted by Gasteiger charge is -2.29. The predicted molar refractivity (Wildman–Crippen MR) is 111 cm³/mol. The first-order valence-corrected chi connectivity index (χ1v) is 9.58. The van der Waals surface area contributed by atoms with Crippen molar-refractivity contribution >= 4 is 11.1 Å². The van der Waals surface area contributed by atoms with Crippen molar-refractivity contribution in [3.05, 3.63) is 119 Å². The number of benzene rings is 4. The summed E-state index contributed by atoms with van der Waals surface area (Å²) >= 11 is 0. The lowest BCUT2D eigenvalue weighted by molar-refractivity contribution is 0.469. The molecule has 0 bridgehead atoms. The van der Waals surface area contributed by atoms with Gasteiger partial charge in [0.05, 0.1) is 0 Å². The van der Waals surface area contributed by atoms with Gasteiger partial charge in [-0.3, -0.25) is 0 Å². The third-order valence-electron chi connectivity index (χ3n) is 5.42. The predicted octanol–water partition coefficient (Wildman–Crippen LogP) is 7.18. The molecular weight excluding hydrogens is 382 g/mol. The van der Waals surface area contributed by atoms with E-state index in [1.54, 1.807) is 12.1 Å². The van der Waals surface area contributed by atoms with Crippen molar-refractivity contribution in [1.29, 1.82) is 0 Å². The minimum atomic E-state index is -0.366. The monoisotopic (exact) mass is 396 g/mol. The van der Waals surface area contributed by atoms with Crippen LogP contribution in [0.3, 0.4) is 0 Å².